The molecule has 100 valence electrons. The maximum atomic E-state index is 13.1. The normalized spacial score (nSPS) is 10.4. The van der Waals surface area contributed by atoms with Gasteiger partial charge in [-0.05, 0) is 30.7 Å². The Balaban J connectivity index is 2.14. The molecule has 0 radical (unpaired) electrons. The molecule has 0 saturated heterocycles. The van der Waals surface area contributed by atoms with Gasteiger partial charge in [-0.25, -0.2) is 9.18 Å². The van der Waals surface area contributed by atoms with E-state index in [-0.39, 0.29) is 17.9 Å². The van der Waals surface area contributed by atoms with Crippen LogP contribution >= 0.6 is 11.3 Å². The Morgan fingerprint density at radius 2 is 2.05 bits per heavy atom. The molecule has 3 nitrogen and oxygen atoms in total. The smallest absolute Gasteiger partial charge is 0.339 e. The van der Waals surface area contributed by atoms with Crippen LogP contribution in [0, 0.1) is 5.82 Å². The average Bonchev–Trinajstić information content (AvgIpc) is 2.84. The minimum Gasteiger partial charge on any atom is -0.487 e. The van der Waals surface area contributed by atoms with Gasteiger partial charge < -0.3 is 9.84 Å². The summed E-state index contributed by atoms with van der Waals surface area (Å²) in [5.74, 6) is -1.59. The van der Waals surface area contributed by atoms with Gasteiger partial charge in [0.05, 0.1) is 0 Å². The maximum absolute atomic E-state index is 13.1. The fourth-order valence-electron chi connectivity index (χ4n) is 1.63. The molecule has 0 fully saturated rings. The van der Waals surface area contributed by atoms with E-state index in [0.717, 1.165) is 23.4 Å². The number of aryl methyl sites for hydroxylation is 1. The van der Waals surface area contributed by atoms with Crippen molar-refractivity contribution in [1.29, 1.82) is 0 Å². The Bertz CT molecular complexity index is 592. The summed E-state index contributed by atoms with van der Waals surface area (Å²) in [6, 6.07) is 7.35. The predicted molar refractivity (Wildman–Crippen MR) is 71.4 cm³/mol. The monoisotopic (exact) mass is 280 g/mol. The van der Waals surface area contributed by atoms with Crippen LogP contribution < -0.4 is 4.74 Å². The minimum absolute atomic E-state index is 0.0336. The van der Waals surface area contributed by atoms with Crippen LogP contribution in [0.5, 0.6) is 5.75 Å². The molecule has 19 heavy (non-hydrogen) atoms. The van der Waals surface area contributed by atoms with Crippen molar-refractivity contribution in [2.75, 3.05) is 0 Å². The summed E-state index contributed by atoms with van der Waals surface area (Å²) in [4.78, 5) is 13.2. The van der Waals surface area contributed by atoms with Crippen LogP contribution in [0.3, 0.4) is 0 Å². The highest BCUT2D eigenvalue weighted by molar-refractivity contribution is 7.11. The number of hydrogen-bond acceptors (Lipinski definition) is 3. The number of carbonyl (C=O) groups is 1. The van der Waals surface area contributed by atoms with Crippen molar-refractivity contribution in [3.8, 4) is 5.75 Å². The number of carboxylic acid groups (broad SMARTS) is 1. The zero-order chi connectivity index (χ0) is 13.8. The summed E-state index contributed by atoms with van der Waals surface area (Å²) >= 11 is 1.60. The van der Waals surface area contributed by atoms with Crippen molar-refractivity contribution in [2.45, 2.75) is 20.0 Å². The molecule has 1 N–H and O–H groups in total. The van der Waals surface area contributed by atoms with Crippen LogP contribution in [0.2, 0.25) is 0 Å². The number of thiophene rings is 1. The van der Waals surface area contributed by atoms with Gasteiger partial charge in [-0.2, -0.15) is 0 Å². The first-order valence-electron chi connectivity index (χ1n) is 5.83. The Morgan fingerprint density at radius 1 is 1.32 bits per heavy atom. The summed E-state index contributed by atoms with van der Waals surface area (Å²) in [7, 11) is 0. The maximum Gasteiger partial charge on any atom is 0.339 e. The van der Waals surface area contributed by atoms with Gasteiger partial charge >= 0.3 is 5.97 Å². The Morgan fingerprint density at radius 3 is 2.68 bits per heavy atom. The third-order valence-corrected chi connectivity index (χ3v) is 3.81. The lowest BCUT2D eigenvalue weighted by Crippen LogP contribution is -2.03. The third-order valence-electron chi connectivity index (χ3n) is 2.61. The van der Waals surface area contributed by atoms with Crippen LogP contribution in [0.25, 0.3) is 0 Å². The molecule has 2 rings (SSSR count). The fraction of sp³-hybridized carbons (Fsp3) is 0.214. The van der Waals surface area contributed by atoms with E-state index in [1.165, 1.54) is 10.9 Å². The van der Waals surface area contributed by atoms with Gasteiger partial charge in [-0.3, -0.25) is 0 Å². The van der Waals surface area contributed by atoms with Crippen LogP contribution in [0.1, 0.15) is 27.0 Å². The molecule has 0 aliphatic carbocycles. The number of carboxylic acids is 1. The number of aromatic carboxylic acids is 1. The lowest BCUT2D eigenvalue weighted by Gasteiger charge is -2.08. The van der Waals surface area contributed by atoms with E-state index in [1.54, 1.807) is 11.3 Å². The molecule has 0 amide bonds. The van der Waals surface area contributed by atoms with E-state index in [9.17, 15) is 9.18 Å². The van der Waals surface area contributed by atoms with E-state index in [2.05, 4.69) is 6.92 Å². The van der Waals surface area contributed by atoms with Crippen molar-refractivity contribution < 1.29 is 19.0 Å². The van der Waals surface area contributed by atoms with Crippen LogP contribution in [0.4, 0.5) is 4.39 Å². The first kappa shape index (κ1) is 13.5. The molecule has 5 heteroatoms. The highest BCUT2D eigenvalue weighted by Gasteiger charge is 2.12. The first-order chi connectivity index (χ1) is 9.10. The molecule has 2 aromatic rings. The second-order valence-electron chi connectivity index (χ2n) is 3.96. The lowest BCUT2D eigenvalue weighted by atomic mass is 10.2. The zero-order valence-corrected chi connectivity index (χ0v) is 11.2. The highest BCUT2D eigenvalue weighted by atomic mass is 32.1. The fourth-order valence-corrected chi connectivity index (χ4v) is 2.50. The summed E-state index contributed by atoms with van der Waals surface area (Å²) in [6.07, 6.45) is 0.949. The number of ether oxygens (including phenoxy) is 1. The topological polar surface area (TPSA) is 46.5 Å². The van der Waals surface area contributed by atoms with E-state index in [0.29, 0.717) is 0 Å². The van der Waals surface area contributed by atoms with Gasteiger partial charge in [0.1, 0.15) is 23.7 Å². The van der Waals surface area contributed by atoms with Gasteiger partial charge in [0, 0.05) is 15.8 Å². The van der Waals surface area contributed by atoms with Crippen LogP contribution in [-0.2, 0) is 13.0 Å². The molecular formula is C14H13FO3S. The second-order valence-corrected chi connectivity index (χ2v) is 5.21. The number of hydrogen-bond donors (Lipinski definition) is 1. The molecule has 0 aliphatic heterocycles. The molecule has 0 spiro atoms. The first-order valence-corrected chi connectivity index (χ1v) is 6.65. The van der Waals surface area contributed by atoms with Crippen molar-refractivity contribution >= 4 is 17.3 Å². The summed E-state index contributed by atoms with van der Waals surface area (Å²) < 4.78 is 18.5. The Hall–Kier alpha value is -1.88. The molecule has 0 bridgehead atoms. The number of rotatable bonds is 5. The molecule has 0 unspecified atom stereocenters. The van der Waals surface area contributed by atoms with E-state index in [1.807, 2.05) is 12.1 Å². The molecule has 1 heterocycles. The molecule has 0 atom stereocenters. The lowest BCUT2D eigenvalue weighted by molar-refractivity contribution is 0.0691. The largest absolute Gasteiger partial charge is 0.487 e. The number of benzene rings is 1. The van der Waals surface area contributed by atoms with Crippen LogP contribution in [0.15, 0.2) is 30.3 Å². The SMILES string of the molecule is CCc1ccc(COc2cc(F)ccc2C(=O)O)s1. The molecular weight excluding hydrogens is 267 g/mol. The van der Waals surface area contributed by atoms with E-state index >= 15 is 0 Å². The molecule has 1 aromatic carbocycles. The minimum atomic E-state index is -1.13. The van der Waals surface area contributed by atoms with Crippen molar-refractivity contribution in [3.05, 3.63) is 51.5 Å². The summed E-state index contributed by atoms with van der Waals surface area (Å²) in [5, 5.41) is 9.00. The van der Waals surface area contributed by atoms with E-state index in [4.69, 9.17) is 9.84 Å². The van der Waals surface area contributed by atoms with Gasteiger partial charge in [0.2, 0.25) is 0 Å². The molecule has 1 aromatic heterocycles. The zero-order valence-electron chi connectivity index (χ0n) is 10.4. The standard InChI is InChI=1S/C14H13FO3S/c1-2-10-4-5-11(19-10)8-18-13-7-9(15)3-6-12(13)14(16)17/h3-7H,2,8H2,1H3,(H,16,17). The molecule has 0 aliphatic rings. The van der Waals surface area contributed by atoms with Gasteiger partial charge in [-0.15, -0.1) is 11.3 Å². The quantitative estimate of drug-likeness (QED) is 0.907. The van der Waals surface area contributed by atoms with Crippen LogP contribution in [-0.4, -0.2) is 11.1 Å². The second kappa shape index (κ2) is 5.84. The van der Waals surface area contributed by atoms with Gasteiger partial charge in [0.15, 0.2) is 0 Å². The van der Waals surface area contributed by atoms with Gasteiger partial charge in [0.25, 0.3) is 0 Å². The van der Waals surface area contributed by atoms with E-state index < -0.39 is 11.8 Å². The molecule has 0 saturated carbocycles. The van der Waals surface area contributed by atoms with Crippen molar-refractivity contribution in [2.24, 2.45) is 0 Å². The van der Waals surface area contributed by atoms with Gasteiger partial charge in [-0.1, -0.05) is 6.92 Å². The Labute approximate surface area is 114 Å². The van der Waals surface area contributed by atoms with Crippen molar-refractivity contribution in [1.82, 2.24) is 0 Å². The predicted octanol–water partition coefficient (Wildman–Crippen LogP) is 3.73. The Kier molecular flexibility index (Phi) is 4.16. The number of halogens is 1. The summed E-state index contributed by atoms with van der Waals surface area (Å²) in [5.41, 5.74) is -0.0336. The third kappa shape index (κ3) is 3.32. The average molecular weight is 280 g/mol. The summed E-state index contributed by atoms with van der Waals surface area (Å²) in [6.45, 7) is 2.31. The van der Waals surface area contributed by atoms with Crippen molar-refractivity contribution in [3.63, 3.8) is 0 Å². The highest BCUT2D eigenvalue weighted by Crippen LogP contribution is 2.23.